The standard InChI is InChI=1S/C13H16ClNO/c14-12-5-6-13(11(9-12)10-16)15-7-3-1-2-4-8-15/h5-6,9-10H,1-4,7-8H2. The lowest BCUT2D eigenvalue weighted by atomic mass is 10.1. The Labute approximate surface area is 101 Å². The smallest absolute Gasteiger partial charge is 0.152 e. The fourth-order valence-electron chi connectivity index (χ4n) is 2.22. The van der Waals surface area contributed by atoms with Gasteiger partial charge in [0.1, 0.15) is 0 Å². The van der Waals surface area contributed by atoms with Crippen molar-refractivity contribution in [2.45, 2.75) is 25.7 Å². The van der Waals surface area contributed by atoms with Crippen molar-refractivity contribution in [2.24, 2.45) is 0 Å². The molecule has 0 amide bonds. The largest absolute Gasteiger partial charge is 0.371 e. The van der Waals surface area contributed by atoms with Crippen molar-refractivity contribution in [2.75, 3.05) is 18.0 Å². The highest BCUT2D eigenvalue weighted by atomic mass is 35.5. The molecule has 0 spiro atoms. The molecule has 3 heteroatoms. The normalized spacial score (nSPS) is 16.9. The minimum absolute atomic E-state index is 0.626. The predicted molar refractivity (Wildman–Crippen MR) is 67.5 cm³/mol. The summed E-state index contributed by atoms with van der Waals surface area (Å²) in [5.74, 6) is 0. The number of rotatable bonds is 2. The fourth-order valence-corrected chi connectivity index (χ4v) is 2.40. The van der Waals surface area contributed by atoms with Gasteiger partial charge in [0.05, 0.1) is 0 Å². The maximum absolute atomic E-state index is 11.0. The molecule has 2 nitrogen and oxygen atoms in total. The van der Waals surface area contributed by atoms with E-state index in [0.29, 0.717) is 10.6 Å². The molecule has 1 aliphatic heterocycles. The van der Waals surface area contributed by atoms with Crippen molar-refractivity contribution in [1.82, 2.24) is 0 Å². The number of nitrogens with zero attached hydrogens (tertiary/aromatic N) is 1. The molecule has 0 saturated carbocycles. The molecule has 1 aromatic rings. The number of anilines is 1. The Morgan fingerprint density at radius 1 is 1.12 bits per heavy atom. The summed E-state index contributed by atoms with van der Waals surface area (Å²) in [6.07, 6.45) is 5.90. The van der Waals surface area contributed by atoms with E-state index in [4.69, 9.17) is 11.6 Å². The number of aldehydes is 1. The second-order valence-electron chi connectivity index (χ2n) is 4.22. The molecule has 0 N–H and O–H groups in total. The van der Waals surface area contributed by atoms with Crippen LogP contribution in [0.15, 0.2) is 18.2 Å². The summed E-state index contributed by atoms with van der Waals surface area (Å²) < 4.78 is 0. The van der Waals surface area contributed by atoms with Crippen molar-refractivity contribution in [1.29, 1.82) is 0 Å². The van der Waals surface area contributed by atoms with Gasteiger partial charge in [-0.1, -0.05) is 24.4 Å². The summed E-state index contributed by atoms with van der Waals surface area (Å²) in [6, 6.07) is 5.56. The zero-order chi connectivity index (χ0) is 11.4. The molecular formula is C13H16ClNO. The lowest BCUT2D eigenvalue weighted by molar-refractivity contribution is 0.112. The Kier molecular flexibility index (Phi) is 3.83. The van der Waals surface area contributed by atoms with Gasteiger partial charge in [-0.3, -0.25) is 4.79 Å². The molecule has 0 atom stereocenters. The van der Waals surface area contributed by atoms with E-state index in [0.717, 1.165) is 25.1 Å². The topological polar surface area (TPSA) is 20.3 Å². The maximum Gasteiger partial charge on any atom is 0.152 e. The molecule has 1 aliphatic rings. The van der Waals surface area contributed by atoms with E-state index in [1.165, 1.54) is 25.7 Å². The van der Waals surface area contributed by atoms with Crippen molar-refractivity contribution < 1.29 is 4.79 Å². The molecule has 1 heterocycles. The van der Waals surface area contributed by atoms with Crippen LogP contribution in [-0.4, -0.2) is 19.4 Å². The van der Waals surface area contributed by atoms with Gasteiger partial charge in [0.15, 0.2) is 6.29 Å². The van der Waals surface area contributed by atoms with Crippen LogP contribution >= 0.6 is 11.6 Å². The second-order valence-corrected chi connectivity index (χ2v) is 4.66. The van der Waals surface area contributed by atoms with Gasteiger partial charge in [-0.2, -0.15) is 0 Å². The first-order valence-electron chi connectivity index (χ1n) is 5.81. The fraction of sp³-hybridized carbons (Fsp3) is 0.462. The van der Waals surface area contributed by atoms with Crippen LogP contribution in [0.2, 0.25) is 5.02 Å². The monoisotopic (exact) mass is 237 g/mol. The van der Waals surface area contributed by atoms with Gasteiger partial charge in [-0.05, 0) is 31.0 Å². The molecule has 0 unspecified atom stereocenters. The third-order valence-corrected chi connectivity index (χ3v) is 3.30. The summed E-state index contributed by atoms with van der Waals surface area (Å²) in [6.45, 7) is 2.09. The Balaban J connectivity index is 2.26. The van der Waals surface area contributed by atoms with Gasteiger partial charge in [0.2, 0.25) is 0 Å². The van der Waals surface area contributed by atoms with Crippen molar-refractivity contribution >= 4 is 23.6 Å². The van der Waals surface area contributed by atoms with E-state index in [1.54, 1.807) is 6.07 Å². The van der Waals surface area contributed by atoms with Gasteiger partial charge in [0.25, 0.3) is 0 Å². The van der Waals surface area contributed by atoms with E-state index >= 15 is 0 Å². The van der Waals surface area contributed by atoms with Gasteiger partial charge in [0, 0.05) is 29.4 Å². The highest BCUT2D eigenvalue weighted by Gasteiger charge is 2.13. The maximum atomic E-state index is 11.0. The zero-order valence-corrected chi connectivity index (χ0v) is 10.0. The van der Waals surface area contributed by atoms with E-state index in [1.807, 2.05) is 12.1 Å². The Hall–Kier alpha value is -1.02. The summed E-state index contributed by atoms with van der Waals surface area (Å²) in [4.78, 5) is 13.3. The highest BCUT2D eigenvalue weighted by Crippen LogP contribution is 2.25. The number of hydrogen-bond donors (Lipinski definition) is 0. The highest BCUT2D eigenvalue weighted by molar-refractivity contribution is 6.31. The summed E-state index contributed by atoms with van der Waals surface area (Å²) >= 11 is 5.89. The quantitative estimate of drug-likeness (QED) is 0.734. The molecule has 86 valence electrons. The first-order valence-corrected chi connectivity index (χ1v) is 6.19. The van der Waals surface area contributed by atoms with Crippen LogP contribution in [0.4, 0.5) is 5.69 Å². The van der Waals surface area contributed by atoms with Crippen molar-refractivity contribution in [3.05, 3.63) is 28.8 Å². The van der Waals surface area contributed by atoms with Crippen LogP contribution in [0.1, 0.15) is 36.0 Å². The van der Waals surface area contributed by atoms with Gasteiger partial charge in [-0.15, -0.1) is 0 Å². The van der Waals surface area contributed by atoms with E-state index < -0.39 is 0 Å². The van der Waals surface area contributed by atoms with E-state index in [2.05, 4.69) is 4.90 Å². The molecule has 1 aromatic carbocycles. The van der Waals surface area contributed by atoms with Crippen molar-refractivity contribution in [3.63, 3.8) is 0 Å². The Morgan fingerprint density at radius 2 is 1.81 bits per heavy atom. The lowest BCUT2D eigenvalue weighted by Gasteiger charge is -2.24. The summed E-state index contributed by atoms with van der Waals surface area (Å²) in [5.41, 5.74) is 1.73. The number of hydrogen-bond acceptors (Lipinski definition) is 2. The summed E-state index contributed by atoms with van der Waals surface area (Å²) in [7, 11) is 0. The molecule has 0 radical (unpaired) electrons. The Morgan fingerprint density at radius 3 is 2.44 bits per heavy atom. The van der Waals surface area contributed by atoms with E-state index in [9.17, 15) is 4.79 Å². The van der Waals surface area contributed by atoms with Crippen LogP contribution in [0.25, 0.3) is 0 Å². The average molecular weight is 238 g/mol. The lowest BCUT2D eigenvalue weighted by Crippen LogP contribution is -2.24. The molecule has 1 saturated heterocycles. The number of benzene rings is 1. The average Bonchev–Trinajstić information content (AvgIpc) is 2.57. The SMILES string of the molecule is O=Cc1cc(Cl)ccc1N1CCCCCC1. The molecule has 1 fully saturated rings. The van der Waals surface area contributed by atoms with Gasteiger partial charge >= 0.3 is 0 Å². The third-order valence-electron chi connectivity index (χ3n) is 3.06. The third kappa shape index (κ3) is 2.56. The van der Waals surface area contributed by atoms with Crippen LogP contribution in [-0.2, 0) is 0 Å². The minimum atomic E-state index is 0.626. The summed E-state index contributed by atoms with van der Waals surface area (Å²) in [5, 5.41) is 0.626. The molecular weight excluding hydrogens is 222 g/mol. The van der Waals surface area contributed by atoms with Crippen LogP contribution in [0, 0.1) is 0 Å². The molecule has 16 heavy (non-hydrogen) atoms. The first kappa shape index (κ1) is 11.5. The van der Waals surface area contributed by atoms with E-state index in [-0.39, 0.29) is 0 Å². The predicted octanol–water partition coefficient (Wildman–Crippen LogP) is 3.53. The van der Waals surface area contributed by atoms with Crippen molar-refractivity contribution in [3.8, 4) is 0 Å². The first-order chi connectivity index (χ1) is 7.81. The minimum Gasteiger partial charge on any atom is -0.371 e. The Bertz CT molecular complexity index is 370. The second kappa shape index (κ2) is 5.35. The van der Waals surface area contributed by atoms with Gasteiger partial charge in [-0.25, -0.2) is 0 Å². The molecule has 0 bridgehead atoms. The van der Waals surface area contributed by atoms with Crippen LogP contribution < -0.4 is 4.90 Å². The van der Waals surface area contributed by atoms with Crippen LogP contribution in [0.5, 0.6) is 0 Å². The van der Waals surface area contributed by atoms with Gasteiger partial charge < -0.3 is 4.90 Å². The number of carbonyl (C=O) groups excluding carboxylic acids is 1. The van der Waals surface area contributed by atoms with Crippen LogP contribution in [0.3, 0.4) is 0 Å². The number of halogens is 1. The molecule has 0 aliphatic carbocycles. The zero-order valence-electron chi connectivity index (χ0n) is 9.29. The number of carbonyl (C=O) groups is 1. The molecule has 0 aromatic heterocycles. The molecule has 2 rings (SSSR count).